The monoisotopic (exact) mass is 277 g/mol. The maximum absolute atomic E-state index is 6.55. The smallest absolute Gasteiger partial charge is 0.246 e. The third kappa shape index (κ3) is 2.90. The zero-order valence-electron chi connectivity index (χ0n) is 12.6. The van der Waals surface area contributed by atoms with E-state index in [2.05, 4.69) is 12.1 Å². The van der Waals surface area contributed by atoms with Crippen molar-refractivity contribution in [1.29, 1.82) is 0 Å². The SMILES string of the molecule is CC1CCC(c2noc(C3(N)CCCCCC3)n2)CC1. The van der Waals surface area contributed by atoms with Crippen molar-refractivity contribution in [2.75, 3.05) is 0 Å². The summed E-state index contributed by atoms with van der Waals surface area (Å²) in [6.07, 6.45) is 11.8. The molecule has 0 bridgehead atoms. The molecule has 2 aliphatic carbocycles. The predicted octanol–water partition coefficient (Wildman–Crippen LogP) is 3.87. The maximum Gasteiger partial charge on any atom is 0.246 e. The van der Waals surface area contributed by atoms with Crippen molar-refractivity contribution in [3.05, 3.63) is 11.7 Å². The van der Waals surface area contributed by atoms with Gasteiger partial charge in [0.05, 0.1) is 5.54 Å². The molecule has 112 valence electrons. The van der Waals surface area contributed by atoms with E-state index >= 15 is 0 Å². The second-order valence-electron chi connectivity index (χ2n) is 6.98. The molecule has 0 unspecified atom stereocenters. The molecule has 0 aliphatic heterocycles. The Bertz CT molecular complexity index is 427. The van der Waals surface area contributed by atoms with E-state index in [0.717, 1.165) is 24.6 Å². The van der Waals surface area contributed by atoms with Crippen molar-refractivity contribution in [3.8, 4) is 0 Å². The second kappa shape index (κ2) is 5.84. The van der Waals surface area contributed by atoms with E-state index in [4.69, 9.17) is 15.2 Å². The van der Waals surface area contributed by atoms with Crippen molar-refractivity contribution in [1.82, 2.24) is 10.1 Å². The molecule has 0 aromatic carbocycles. The van der Waals surface area contributed by atoms with E-state index in [1.807, 2.05) is 0 Å². The highest BCUT2D eigenvalue weighted by Crippen LogP contribution is 2.37. The van der Waals surface area contributed by atoms with Gasteiger partial charge in [0.25, 0.3) is 0 Å². The van der Waals surface area contributed by atoms with Gasteiger partial charge in [0.1, 0.15) is 0 Å². The van der Waals surface area contributed by atoms with Gasteiger partial charge in [-0.1, -0.05) is 50.6 Å². The van der Waals surface area contributed by atoms with Crippen molar-refractivity contribution in [2.24, 2.45) is 11.7 Å². The van der Waals surface area contributed by atoms with Gasteiger partial charge in [0.15, 0.2) is 5.82 Å². The lowest BCUT2D eigenvalue weighted by atomic mass is 9.82. The highest BCUT2D eigenvalue weighted by Gasteiger charge is 2.35. The van der Waals surface area contributed by atoms with Gasteiger partial charge in [-0.15, -0.1) is 0 Å². The lowest BCUT2D eigenvalue weighted by Crippen LogP contribution is -2.36. The quantitative estimate of drug-likeness (QED) is 0.833. The fourth-order valence-electron chi connectivity index (χ4n) is 3.69. The van der Waals surface area contributed by atoms with Crippen molar-refractivity contribution < 1.29 is 4.52 Å². The number of aromatic nitrogens is 2. The Morgan fingerprint density at radius 2 is 1.70 bits per heavy atom. The molecule has 4 nitrogen and oxygen atoms in total. The summed E-state index contributed by atoms with van der Waals surface area (Å²) in [5, 5.41) is 4.25. The molecule has 2 aliphatic rings. The Kier molecular flexibility index (Phi) is 4.11. The summed E-state index contributed by atoms with van der Waals surface area (Å²) in [7, 11) is 0. The minimum Gasteiger partial charge on any atom is -0.337 e. The van der Waals surface area contributed by atoms with Gasteiger partial charge in [-0.05, 0) is 31.6 Å². The van der Waals surface area contributed by atoms with Gasteiger partial charge in [0.2, 0.25) is 5.89 Å². The van der Waals surface area contributed by atoms with Crippen LogP contribution in [0.25, 0.3) is 0 Å². The number of hydrogen-bond donors (Lipinski definition) is 1. The molecule has 4 heteroatoms. The summed E-state index contributed by atoms with van der Waals surface area (Å²) in [6.45, 7) is 2.33. The molecule has 0 saturated heterocycles. The predicted molar refractivity (Wildman–Crippen MR) is 78.2 cm³/mol. The zero-order chi connectivity index (χ0) is 14.0. The summed E-state index contributed by atoms with van der Waals surface area (Å²) < 4.78 is 5.56. The number of rotatable bonds is 2. The van der Waals surface area contributed by atoms with Crippen LogP contribution in [0, 0.1) is 5.92 Å². The van der Waals surface area contributed by atoms with E-state index in [1.54, 1.807) is 0 Å². The van der Waals surface area contributed by atoms with Crippen LogP contribution in [0.2, 0.25) is 0 Å². The Hall–Kier alpha value is -0.900. The van der Waals surface area contributed by atoms with Crippen LogP contribution in [0.1, 0.15) is 88.8 Å². The van der Waals surface area contributed by atoms with Gasteiger partial charge in [-0.3, -0.25) is 0 Å². The lowest BCUT2D eigenvalue weighted by molar-refractivity contribution is 0.254. The van der Waals surface area contributed by atoms with E-state index in [0.29, 0.717) is 11.8 Å². The van der Waals surface area contributed by atoms with Crippen molar-refractivity contribution in [2.45, 2.75) is 82.6 Å². The molecule has 1 heterocycles. The van der Waals surface area contributed by atoms with E-state index in [9.17, 15) is 0 Å². The molecular weight excluding hydrogens is 250 g/mol. The van der Waals surface area contributed by atoms with Gasteiger partial charge in [-0.25, -0.2) is 0 Å². The third-order valence-electron chi connectivity index (χ3n) is 5.24. The van der Waals surface area contributed by atoms with Crippen molar-refractivity contribution >= 4 is 0 Å². The molecule has 20 heavy (non-hydrogen) atoms. The largest absolute Gasteiger partial charge is 0.337 e. The fraction of sp³-hybridized carbons (Fsp3) is 0.875. The molecule has 0 spiro atoms. The van der Waals surface area contributed by atoms with Gasteiger partial charge in [-0.2, -0.15) is 4.98 Å². The molecule has 2 N–H and O–H groups in total. The average Bonchev–Trinajstić information content (AvgIpc) is 2.84. The molecule has 2 fully saturated rings. The highest BCUT2D eigenvalue weighted by atomic mass is 16.5. The van der Waals surface area contributed by atoms with E-state index in [1.165, 1.54) is 51.4 Å². The summed E-state index contributed by atoms with van der Waals surface area (Å²) >= 11 is 0. The average molecular weight is 277 g/mol. The minimum atomic E-state index is -0.371. The minimum absolute atomic E-state index is 0.371. The van der Waals surface area contributed by atoms with Crippen LogP contribution in [0.3, 0.4) is 0 Å². The van der Waals surface area contributed by atoms with Crippen LogP contribution in [-0.4, -0.2) is 10.1 Å². The molecule has 1 aromatic heterocycles. The van der Waals surface area contributed by atoms with Crippen molar-refractivity contribution in [3.63, 3.8) is 0 Å². The normalized spacial score (nSPS) is 30.9. The van der Waals surface area contributed by atoms with Crippen LogP contribution >= 0.6 is 0 Å². The van der Waals surface area contributed by atoms with E-state index in [-0.39, 0.29) is 5.54 Å². The fourth-order valence-corrected chi connectivity index (χ4v) is 3.69. The molecule has 2 saturated carbocycles. The number of nitrogens with zero attached hydrogens (tertiary/aromatic N) is 2. The molecule has 0 atom stereocenters. The summed E-state index contributed by atoms with van der Waals surface area (Å²) in [4.78, 5) is 4.69. The molecular formula is C16H27N3O. The first-order valence-corrected chi connectivity index (χ1v) is 8.30. The maximum atomic E-state index is 6.55. The van der Waals surface area contributed by atoms with Crippen LogP contribution in [0.15, 0.2) is 4.52 Å². The molecule has 3 rings (SSSR count). The van der Waals surface area contributed by atoms with Crippen LogP contribution in [0.5, 0.6) is 0 Å². The first-order chi connectivity index (χ1) is 9.67. The highest BCUT2D eigenvalue weighted by molar-refractivity contribution is 5.06. The third-order valence-corrected chi connectivity index (χ3v) is 5.24. The van der Waals surface area contributed by atoms with Gasteiger partial charge in [0, 0.05) is 5.92 Å². The van der Waals surface area contributed by atoms with Gasteiger partial charge < -0.3 is 10.3 Å². The zero-order valence-corrected chi connectivity index (χ0v) is 12.6. The summed E-state index contributed by atoms with van der Waals surface area (Å²) in [5.41, 5.74) is 6.18. The molecule has 1 aromatic rings. The summed E-state index contributed by atoms with van der Waals surface area (Å²) in [5.74, 6) is 2.92. The van der Waals surface area contributed by atoms with Crippen LogP contribution in [0.4, 0.5) is 0 Å². The second-order valence-corrected chi connectivity index (χ2v) is 6.98. The summed E-state index contributed by atoms with van der Waals surface area (Å²) in [6, 6.07) is 0. The van der Waals surface area contributed by atoms with Gasteiger partial charge >= 0.3 is 0 Å². The lowest BCUT2D eigenvalue weighted by Gasteiger charge is -2.24. The molecule has 0 amide bonds. The Morgan fingerprint density at radius 1 is 1.05 bits per heavy atom. The van der Waals surface area contributed by atoms with Crippen LogP contribution in [-0.2, 0) is 5.54 Å². The number of nitrogens with two attached hydrogens (primary N) is 1. The standard InChI is InChI=1S/C16H27N3O/c1-12-6-8-13(9-7-12)14-18-15(20-19-14)16(17)10-4-2-3-5-11-16/h12-13H,2-11,17H2,1H3. The first-order valence-electron chi connectivity index (χ1n) is 8.30. The van der Waals surface area contributed by atoms with Crippen LogP contribution < -0.4 is 5.73 Å². The molecule has 0 radical (unpaired) electrons. The Labute approximate surface area is 121 Å². The topological polar surface area (TPSA) is 64.9 Å². The number of hydrogen-bond acceptors (Lipinski definition) is 4. The Morgan fingerprint density at radius 3 is 2.35 bits per heavy atom. The van der Waals surface area contributed by atoms with E-state index < -0.39 is 0 Å². The first kappa shape index (κ1) is 14.1. The Balaban J connectivity index is 1.72.